The van der Waals surface area contributed by atoms with Crippen LogP contribution < -0.4 is 10.1 Å². The highest BCUT2D eigenvalue weighted by Crippen LogP contribution is 2.23. The molecule has 2 aliphatic heterocycles. The molecule has 2 aromatic rings. The van der Waals surface area contributed by atoms with Crippen LogP contribution in [0.15, 0.2) is 70.9 Å². The van der Waals surface area contributed by atoms with Gasteiger partial charge in [0.15, 0.2) is 5.84 Å². The number of sulfonamides is 1. The number of allylic oxidation sites excluding steroid dienone is 2. The van der Waals surface area contributed by atoms with E-state index < -0.39 is 15.9 Å². The molecule has 1 aromatic heterocycles. The van der Waals surface area contributed by atoms with Gasteiger partial charge in [-0.15, -0.1) is 4.40 Å². The molecule has 3 heterocycles. The number of ether oxygens (including phenoxy) is 1. The van der Waals surface area contributed by atoms with Gasteiger partial charge in [0, 0.05) is 23.8 Å². The molecule has 0 unspecified atom stereocenters. The number of halogens is 1. The first-order chi connectivity index (χ1) is 13.9. The predicted octanol–water partition coefficient (Wildman–Crippen LogP) is 2.96. The SMILES string of the molecule is O=C(Nc1ccc(Oc2ccc(Cl)cc2)nc1)C1=CC=CN2CCS(=O)(=O)N=C12. The van der Waals surface area contributed by atoms with Crippen LogP contribution in [0.3, 0.4) is 0 Å². The summed E-state index contributed by atoms with van der Waals surface area (Å²) in [5.74, 6) is 0.471. The van der Waals surface area contributed by atoms with Gasteiger partial charge in [-0.05, 0) is 42.5 Å². The van der Waals surface area contributed by atoms with Crippen molar-refractivity contribution in [3.05, 3.63) is 71.5 Å². The molecule has 148 valence electrons. The summed E-state index contributed by atoms with van der Waals surface area (Å²) in [6.07, 6.45) is 6.33. The van der Waals surface area contributed by atoms with Crippen LogP contribution in [-0.4, -0.2) is 42.3 Å². The first-order valence-electron chi connectivity index (χ1n) is 8.59. The zero-order chi connectivity index (χ0) is 20.4. The van der Waals surface area contributed by atoms with Gasteiger partial charge in [-0.2, -0.15) is 0 Å². The summed E-state index contributed by atoms with van der Waals surface area (Å²) < 4.78 is 33.0. The molecule has 4 rings (SSSR count). The van der Waals surface area contributed by atoms with E-state index in [0.29, 0.717) is 22.3 Å². The van der Waals surface area contributed by atoms with Crippen LogP contribution in [0.5, 0.6) is 11.6 Å². The first-order valence-corrected chi connectivity index (χ1v) is 10.6. The number of hydrogen-bond acceptors (Lipinski definition) is 6. The molecule has 0 radical (unpaired) electrons. The number of fused-ring (bicyclic) bond motifs is 1. The number of rotatable bonds is 4. The Balaban J connectivity index is 1.47. The molecule has 0 saturated heterocycles. The summed E-state index contributed by atoms with van der Waals surface area (Å²) >= 11 is 5.84. The number of amides is 1. The van der Waals surface area contributed by atoms with E-state index in [0.717, 1.165) is 0 Å². The molecule has 2 aliphatic rings. The van der Waals surface area contributed by atoms with Gasteiger partial charge in [-0.3, -0.25) is 4.79 Å². The van der Waals surface area contributed by atoms with Gasteiger partial charge in [-0.25, -0.2) is 13.4 Å². The first kappa shape index (κ1) is 19.2. The van der Waals surface area contributed by atoms with Crippen molar-refractivity contribution in [3.8, 4) is 11.6 Å². The number of carbonyl (C=O) groups excluding carboxylic acids is 1. The van der Waals surface area contributed by atoms with Gasteiger partial charge in [0.1, 0.15) is 5.75 Å². The number of pyridine rings is 1. The number of nitrogens with zero attached hydrogens (tertiary/aromatic N) is 3. The lowest BCUT2D eigenvalue weighted by atomic mass is 10.1. The number of amidine groups is 1. The fraction of sp³-hybridized carbons (Fsp3) is 0.105. The molecular formula is C19H15ClN4O4S. The van der Waals surface area contributed by atoms with Crippen LogP contribution in [0.4, 0.5) is 5.69 Å². The van der Waals surface area contributed by atoms with Gasteiger partial charge in [-0.1, -0.05) is 11.6 Å². The molecule has 0 aliphatic carbocycles. The lowest BCUT2D eigenvalue weighted by molar-refractivity contribution is -0.112. The molecular weight excluding hydrogens is 416 g/mol. The fourth-order valence-corrected chi connectivity index (χ4v) is 3.84. The monoisotopic (exact) mass is 430 g/mol. The summed E-state index contributed by atoms with van der Waals surface area (Å²) in [5.41, 5.74) is 0.594. The minimum absolute atomic E-state index is 0.0886. The van der Waals surface area contributed by atoms with Crippen LogP contribution in [0.1, 0.15) is 0 Å². The number of hydrogen-bond donors (Lipinski definition) is 1. The second-order valence-corrected chi connectivity index (χ2v) is 8.40. The van der Waals surface area contributed by atoms with Crippen LogP contribution >= 0.6 is 11.6 Å². The van der Waals surface area contributed by atoms with Crippen molar-refractivity contribution in [2.75, 3.05) is 17.6 Å². The Kier molecular flexibility index (Phi) is 5.08. The largest absolute Gasteiger partial charge is 0.439 e. The number of carbonyl (C=O) groups is 1. The zero-order valence-electron chi connectivity index (χ0n) is 14.9. The van der Waals surface area contributed by atoms with Crippen molar-refractivity contribution in [2.24, 2.45) is 4.40 Å². The van der Waals surface area contributed by atoms with Crippen molar-refractivity contribution in [2.45, 2.75) is 0 Å². The van der Waals surface area contributed by atoms with Crippen molar-refractivity contribution in [3.63, 3.8) is 0 Å². The fourth-order valence-electron chi connectivity index (χ4n) is 2.73. The minimum Gasteiger partial charge on any atom is -0.439 e. The van der Waals surface area contributed by atoms with E-state index in [9.17, 15) is 13.2 Å². The predicted molar refractivity (Wildman–Crippen MR) is 110 cm³/mol. The Hall–Kier alpha value is -3.17. The number of aromatic nitrogens is 1. The molecule has 8 nitrogen and oxygen atoms in total. The maximum Gasteiger partial charge on any atom is 0.259 e. The van der Waals surface area contributed by atoms with E-state index in [1.54, 1.807) is 53.6 Å². The van der Waals surface area contributed by atoms with Crippen LogP contribution in [0.25, 0.3) is 0 Å². The molecule has 1 N–H and O–H groups in total. The van der Waals surface area contributed by atoms with E-state index in [2.05, 4.69) is 14.7 Å². The Morgan fingerprint density at radius 3 is 2.69 bits per heavy atom. The number of anilines is 1. The Labute approximate surface area is 172 Å². The third kappa shape index (κ3) is 4.47. The van der Waals surface area contributed by atoms with Gasteiger partial charge in [0.2, 0.25) is 5.88 Å². The van der Waals surface area contributed by atoms with Crippen LogP contribution in [-0.2, 0) is 14.8 Å². The maximum absolute atomic E-state index is 12.7. The normalized spacial score (nSPS) is 17.1. The molecule has 0 bridgehead atoms. The molecule has 29 heavy (non-hydrogen) atoms. The van der Waals surface area contributed by atoms with Gasteiger partial charge in [0.05, 0.1) is 23.2 Å². The maximum atomic E-state index is 12.7. The molecule has 1 amide bonds. The minimum atomic E-state index is -3.58. The highest BCUT2D eigenvalue weighted by atomic mass is 35.5. The van der Waals surface area contributed by atoms with E-state index in [1.165, 1.54) is 12.3 Å². The Bertz CT molecular complexity index is 1140. The van der Waals surface area contributed by atoms with Crippen molar-refractivity contribution >= 4 is 39.1 Å². The number of benzene rings is 1. The molecule has 0 fully saturated rings. The van der Waals surface area contributed by atoms with E-state index in [-0.39, 0.29) is 23.7 Å². The summed E-state index contributed by atoms with van der Waals surface area (Å²) in [4.78, 5) is 18.4. The smallest absolute Gasteiger partial charge is 0.259 e. The van der Waals surface area contributed by atoms with Crippen molar-refractivity contribution in [1.82, 2.24) is 9.88 Å². The molecule has 1 aromatic carbocycles. The molecule has 0 atom stereocenters. The van der Waals surface area contributed by atoms with Crippen LogP contribution in [0.2, 0.25) is 5.02 Å². The highest BCUT2D eigenvalue weighted by molar-refractivity contribution is 7.90. The molecule has 0 saturated carbocycles. The Morgan fingerprint density at radius 1 is 1.17 bits per heavy atom. The average Bonchev–Trinajstić information content (AvgIpc) is 2.70. The quantitative estimate of drug-likeness (QED) is 0.800. The Morgan fingerprint density at radius 2 is 1.97 bits per heavy atom. The zero-order valence-corrected chi connectivity index (χ0v) is 16.5. The second kappa shape index (κ2) is 7.69. The summed E-state index contributed by atoms with van der Waals surface area (Å²) in [5, 5.41) is 3.29. The van der Waals surface area contributed by atoms with Crippen LogP contribution in [0, 0.1) is 0 Å². The molecule has 10 heteroatoms. The average molecular weight is 431 g/mol. The van der Waals surface area contributed by atoms with Gasteiger partial charge in [0.25, 0.3) is 15.9 Å². The standard InChI is InChI=1S/C19H15ClN4O4S/c20-13-3-6-15(7-4-13)28-17-8-5-14(12-21-17)22-19(25)16-2-1-9-24-10-11-29(26,27)23-18(16)24/h1-9,12H,10-11H2,(H,22,25). The van der Waals surface area contributed by atoms with Gasteiger partial charge >= 0.3 is 0 Å². The summed E-state index contributed by atoms with van der Waals surface area (Å²) in [7, 11) is -3.58. The lowest BCUT2D eigenvalue weighted by Crippen LogP contribution is -2.40. The van der Waals surface area contributed by atoms with E-state index >= 15 is 0 Å². The lowest BCUT2D eigenvalue weighted by Gasteiger charge is -2.28. The third-order valence-electron chi connectivity index (χ3n) is 4.13. The number of nitrogens with one attached hydrogen (secondary N) is 1. The second-order valence-electron chi connectivity index (χ2n) is 6.21. The van der Waals surface area contributed by atoms with E-state index in [4.69, 9.17) is 16.3 Å². The molecule has 0 spiro atoms. The third-order valence-corrected chi connectivity index (χ3v) is 5.53. The van der Waals surface area contributed by atoms with E-state index in [1.807, 2.05) is 0 Å². The highest BCUT2D eigenvalue weighted by Gasteiger charge is 2.29. The summed E-state index contributed by atoms with van der Waals surface area (Å²) in [6, 6.07) is 10.1. The van der Waals surface area contributed by atoms with Crippen molar-refractivity contribution < 1.29 is 17.9 Å². The van der Waals surface area contributed by atoms with Crippen molar-refractivity contribution in [1.29, 1.82) is 0 Å². The van der Waals surface area contributed by atoms with Gasteiger partial charge < -0.3 is 15.0 Å². The summed E-state index contributed by atoms with van der Waals surface area (Å²) in [6.45, 7) is 0.251. The topological polar surface area (TPSA) is 101 Å².